The highest BCUT2D eigenvalue weighted by molar-refractivity contribution is 8.01. The van der Waals surface area contributed by atoms with Crippen LogP contribution in [0, 0.1) is 0 Å². The lowest BCUT2D eigenvalue weighted by molar-refractivity contribution is -0.157. The first-order valence-corrected chi connectivity index (χ1v) is 13.3. The number of nitrogens with one attached hydrogen (secondary N) is 1. The van der Waals surface area contributed by atoms with Gasteiger partial charge in [0.15, 0.2) is 0 Å². The molecule has 2 aliphatic rings. The third-order valence-corrected chi connectivity index (χ3v) is 7.38. The lowest BCUT2D eigenvalue weighted by atomic mass is 10.0. The molecule has 0 aromatic carbocycles. The second-order valence-corrected chi connectivity index (χ2v) is 11.9. The summed E-state index contributed by atoms with van der Waals surface area (Å²) in [5.41, 5.74) is 6.13. The van der Waals surface area contributed by atoms with Gasteiger partial charge in [-0.15, -0.1) is 16.9 Å². The Morgan fingerprint density at radius 1 is 1.42 bits per heavy atom. The lowest BCUT2D eigenvalue weighted by Gasteiger charge is -2.48. The molecular formula is C16H25N7O5S3. The summed E-state index contributed by atoms with van der Waals surface area (Å²) >= 11 is 2.78. The number of carbonyl (C=O) groups excluding carboxylic acids is 2. The Hall–Kier alpha value is -1.68. The number of amides is 1. The molecule has 0 aliphatic carbocycles. The first-order valence-electron chi connectivity index (χ1n) is 9.36. The predicted octanol–water partition coefficient (Wildman–Crippen LogP) is -0.847. The van der Waals surface area contributed by atoms with E-state index in [1.165, 1.54) is 33.1 Å². The molecule has 0 saturated carbocycles. The quantitative estimate of drug-likeness (QED) is 0.265. The number of β-lactam (4-membered cyclic amide) rings is 1. The number of rotatable bonds is 8. The van der Waals surface area contributed by atoms with Crippen LogP contribution < -0.4 is 10.5 Å². The number of fused-ring (bicyclic) bond motifs is 1. The predicted molar refractivity (Wildman–Crippen MR) is 115 cm³/mol. The summed E-state index contributed by atoms with van der Waals surface area (Å²) in [4.78, 5) is 26.7. The van der Waals surface area contributed by atoms with E-state index in [9.17, 15) is 18.0 Å². The fourth-order valence-electron chi connectivity index (χ4n) is 2.93. The van der Waals surface area contributed by atoms with Gasteiger partial charge in [-0.3, -0.25) is 9.69 Å². The maximum atomic E-state index is 12.9. The van der Waals surface area contributed by atoms with Crippen LogP contribution in [-0.2, 0) is 30.9 Å². The van der Waals surface area contributed by atoms with Gasteiger partial charge in [-0.2, -0.15) is 0 Å². The van der Waals surface area contributed by atoms with E-state index in [0.29, 0.717) is 16.7 Å². The van der Waals surface area contributed by atoms with Gasteiger partial charge in [0.05, 0.1) is 12.8 Å². The molecule has 1 fully saturated rings. The van der Waals surface area contributed by atoms with E-state index in [1.54, 1.807) is 20.8 Å². The number of sulfonamides is 1. The van der Waals surface area contributed by atoms with E-state index >= 15 is 0 Å². The lowest BCUT2D eigenvalue weighted by Crippen LogP contribution is -2.68. The van der Waals surface area contributed by atoms with Crippen molar-refractivity contribution >= 4 is 45.4 Å². The van der Waals surface area contributed by atoms with Gasteiger partial charge in [0.1, 0.15) is 22.7 Å². The Morgan fingerprint density at radius 2 is 2.13 bits per heavy atom. The summed E-state index contributed by atoms with van der Waals surface area (Å²) in [6.07, 6.45) is 1.07. The van der Waals surface area contributed by atoms with Gasteiger partial charge in [0, 0.05) is 18.1 Å². The number of esters is 1. The van der Waals surface area contributed by atoms with Crippen molar-refractivity contribution in [1.82, 2.24) is 29.8 Å². The first-order chi connectivity index (χ1) is 14.4. The molecule has 31 heavy (non-hydrogen) atoms. The van der Waals surface area contributed by atoms with Gasteiger partial charge < -0.3 is 10.5 Å². The van der Waals surface area contributed by atoms with Crippen molar-refractivity contribution in [2.24, 2.45) is 5.73 Å². The molecule has 0 bridgehead atoms. The minimum absolute atomic E-state index is 0.140. The molecule has 172 valence electrons. The highest BCUT2D eigenvalue weighted by Crippen LogP contribution is 2.41. The van der Waals surface area contributed by atoms with Crippen molar-refractivity contribution < 1.29 is 22.7 Å². The fourth-order valence-corrected chi connectivity index (χ4v) is 5.73. The number of tetrazole rings is 1. The molecule has 1 aromatic rings. The van der Waals surface area contributed by atoms with Gasteiger partial charge in [-0.05, 0) is 36.8 Å². The monoisotopic (exact) mass is 491 g/mol. The molecular weight excluding hydrogens is 466 g/mol. The van der Waals surface area contributed by atoms with E-state index in [2.05, 4.69) is 20.2 Å². The second-order valence-electron chi connectivity index (χ2n) is 8.03. The van der Waals surface area contributed by atoms with Crippen LogP contribution in [0.1, 0.15) is 20.8 Å². The van der Waals surface area contributed by atoms with Gasteiger partial charge in [0.2, 0.25) is 21.1 Å². The van der Waals surface area contributed by atoms with Crippen LogP contribution in [-0.4, -0.2) is 86.7 Å². The molecule has 2 aliphatic heterocycles. The zero-order valence-electron chi connectivity index (χ0n) is 17.6. The zero-order valence-corrected chi connectivity index (χ0v) is 20.0. The van der Waals surface area contributed by atoms with Crippen molar-refractivity contribution in [3.63, 3.8) is 0 Å². The molecule has 1 amide bonds. The Bertz CT molecular complexity index is 1000. The van der Waals surface area contributed by atoms with E-state index in [-0.39, 0.29) is 30.1 Å². The van der Waals surface area contributed by atoms with Crippen LogP contribution in [0.4, 0.5) is 0 Å². The van der Waals surface area contributed by atoms with E-state index < -0.39 is 27.6 Å². The number of hydrogen-bond acceptors (Lipinski definition) is 11. The van der Waals surface area contributed by atoms with E-state index in [4.69, 9.17) is 10.5 Å². The van der Waals surface area contributed by atoms with Gasteiger partial charge in [0.25, 0.3) is 0 Å². The number of carbonyl (C=O) groups is 2. The summed E-state index contributed by atoms with van der Waals surface area (Å²) in [7, 11) is -3.31. The van der Waals surface area contributed by atoms with Crippen LogP contribution >= 0.6 is 23.5 Å². The minimum atomic E-state index is -3.31. The second kappa shape index (κ2) is 9.05. The number of ether oxygens (including phenoxy) is 1. The molecule has 2 atom stereocenters. The van der Waals surface area contributed by atoms with Crippen LogP contribution in [0.5, 0.6) is 0 Å². The third kappa shape index (κ3) is 5.77. The van der Waals surface area contributed by atoms with E-state index in [1.807, 2.05) is 0 Å². The summed E-state index contributed by atoms with van der Waals surface area (Å²) in [5, 5.41) is 11.6. The smallest absolute Gasteiger partial charge is 0.355 e. The maximum Gasteiger partial charge on any atom is 0.355 e. The average molecular weight is 492 g/mol. The minimum Gasteiger partial charge on any atom is -0.455 e. The summed E-state index contributed by atoms with van der Waals surface area (Å²) < 4.78 is 31.8. The van der Waals surface area contributed by atoms with Crippen molar-refractivity contribution in [1.29, 1.82) is 0 Å². The number of hydrogen-bond donors (Lipinski definition) is 2. The number of thioether (sulfide) groups is 2. The Balaban J connectivity index is 1.76. The van der Waals surface area contributed by atoms with Crippen molar-refractivity contribution in [2.75, 3.05) is 24.3 Å². The molecule has 1 unspecified atom stereocenters. The van der Waals surface area contributed by atoms with Crippen LogP contribution in [0.3, 0.4) is 0 Å². The standard InChI is InChI=1S/C16H25N7O5S3/c1-16(2,3)28-14(25)11-9(7-29-13-10(17)12(24)23(11)13)8-30-15-19-20-21-22(15)6-5-18-31(4,26)27/h10,13,18H,5-8,17H2,1-4H3/t10?,13-/m1/s1. The SMILES string of the molecule is CC(C)(C)OC(=O)C1=C(CSc2nnnn2CCNS(C)(=O)=O)CS[C@@H]2C(N)C(=O)N12. The first kappa shape index (κ1) is 24.0. The van der Waals surface area contributed by atoms with Crippen molar-refractivity contribution in [3.8, 4) is 0 Å². The zero-order chi connectivity index (χ0) is 23.0. The molecule has 15 heteroatoms. The largest absolute Gasteiger partial charge is 0.455 e. The van der Waals surface area contributed by atoms with Crippen LogP contribution in [0.25, 0.3) is 0 Å². The Labute approximate surface area is 188 Å². The topological polar surface area (TPSA) is 162 Å². The molecule has 3 heterocycles. The fraction of sp³-hybridized carbons (Fsp3) is 0.688. The maximum absolute atomic E-state index is 12.9. The third-order valence-electron chi connectivity index (χ3n) is 4.24. The van der Waals surface area contributed by atoms with Crippen molar-refractivity contribution in [2.45, 2.75) is 49.5 Å². The summed E-state index contributed by atoms with van der Waals surface area (Å²) in [6.45, 7) is 5.67. The molecule has 3 rings (SSSR count). The number of nitrogens with two attached hydrogens (primary N) is 1. The normalized spacial score (nSPS) is 21.7. The van der Waals surface area contributed by atoms with Gasteiger partial charge in [-0.1, -0.05) is 11.8 Å². The summed E-state index contributed by atoms with van der Waals surface area (Å²) in [6, 6.07) is -0.633. The van der Waals surface area contributed by atoms with E-state index in [0.717, 1.165) is 11.8 Å². The Morgan fingerprint density at radius 3 is 2.77 bits per heavy atom. The van der Waals surface area contributed by atoms with Crippen molar-refractivity contribution in [3.05, 3.63) is 11.3 Å². The Kier molecular flexibility index (Phi) is 7.00. The van der Waals surface area contributed by atoms with Crippen LogP contribution in [0.2, 0.25) is 0 Å². The molecule has 1 aromatic heterocycles. The van der Waals surface area contributed by atoms with Gasteiger partial charge in [-0.25, -0.2) is 22.6 Å². The molecule has 3 N–H and O–H groups in total. The number of nitrogens with zero attached hydrogens (tertiary/aromatic N) is 5. The molecule has 0 radical (unpaired) electrons. The molecule has 1 saturated heterocycles. The average Bonchev–Trinajstić information content (AvgIpc) is 3.09. The van der Waals surface area contributed by atoms with Crippen LogP contribution in [0.15, 0.2) is 16.4 Å². The molecule has 0 spiro atoms. The summed E-state index contributed by atoms with van der Waals surface area (Å²) in [5.74, 6) is -0.00321. The van der Waals surface area contributed by atoms with Gasteiger partial charge >= 0.3 is 5.97 Å². The molecule has 12 nitrogen and oxygen atoms in total. The number of aromatic nitrogens is 4. The highest BCUT2D eigenvalue weighted by Gasteiger charge is 2.52. The highest BCUT2D eigenvalue weighted by atomic mass is 32.2.